The van der Waals surface area contributed by atoms with E-state index in [1.165, 1.54) is 22.7 Å². The number of rotatable bonds is 3. The summed E-state index contributed by atoms with van der Waals surface area (Å²) in [5.74, 6) is -0.0611. The van der Waals surface area contributed by atoms with E-state index in [2.05, 4.69) is 15.4 Å². The number of nitrogens with zero attached hydrogens (tertiary/aromatic N) is 3. The zero-order valence-corrected chi connectivity index (χ0v) is 11.2. The van der Waals surface area contributed by atoms with Crippen molar-refractivity contribution in [2.24, 2.45) is 0 Å². The quantitative estimate of drug-likeness (QED) is 0.798. The van der Waals surface area contributed by atoms with Crippen LogP contribution in [0.1, 0.15) is 20.4 Å². The van der Waals surface area contributed by atoms with Crippen molar-refractivity contribution in [3.8, 4) is 0 Å². The largest absolute Gasteiger partial charge is 0.345 e. The van der Waals surface area contributed by atoms with E-state index < -0.39 is 0 Å². The van der Waals surface area contributed by atoms with E-state index in [0.717, 1.165) is 15.7 Å². The molecule has 0 fully saturated rings. The lowest BCUT2D eigenvalue weighted by Crippen LogP contribution is -2.21. The molecular formula is C11H10N4OS2. The molecule has 5 nitrogen and oxygen atoms in total. The minimum Gasteiger partial charge on any atom is -0.345 e. The summed E-state index contributed by atoms with van der Waals surface area (Å²) in [5, 5.41) is 9.93. The lowest BCUT2D eigenvalue weighted by Gasteiger charge is -1.99. The van der Waals surface area contributed by atoms with Crippen LogP contribution in [0, 0.1) is 6.92 Å². The Morgan fingerprint density at radius 3 is 3.17 bits per heavy atom. The fraction of sp³-hybridized carbons (Fsp3) is 0.182. The number of imidazole rings is 1. The Hall–Kier alpha value is -1.73. The van der Waals surface area contributed by atoms with E-state index in [1.807, 2.05) is 24.6 Å². The van der Waals surface area contributed by atoms with Gasteiger partial charge in [0.1, 0.15) is 5.01 Å². The number of fused-ring (bicyclic) bond motifs is 1. The molecule has 1 N–H and O–H groups in total. The Bertz CT molecular complexity index is 652. The van der Waals surface area contributed by atoms with Crippen molar-refractivity contribution >= 4 is 33.5 Å². The van der Waals surface area contributed by atoms with E-state index in [9.17, 15) is 4.79 Å². The molecule has 1 amide bonds. The molecule has 18 heavy (non-hydrogen) atoms. The van der Waals surface area contributed by atoms with Crippen LogP contribution in [0.25, 0.3) is 4.96 Å². The molecule has 92 valence electrons. The van der Waals surface area contributed by atoms with Crippen molar-refractivity contribution < 1.29 is 4.79 Å². The first-order valence-electron chi connectivity index (χ1n) is 5.36. The van der Waals surface area contributed by atoms with Crippen LogP contribution in [0.15, 0.2) is 23.7 Å². The molecule has 0 atom stereocenters. The number of thiophene rings is 1. The van der Waals surface area contributed by atoms with Gasteiger partial charge in [-0.3, -0.25) is 4.79 Å². The molecule has 0 aliphatic rings. The number of amides is 1. The predicted molar refractivity (Wildman–Crippen MR) is 71.1 cm³/mol. The van der Waals surface area contributed by atoms with Crippen LogP contribution < -0.4 is 5.32 Å². The smallest absolute Gasteiger partial charge is 0.261 e. The molecule has 3 aromatic rings. The topological polar surface area (TPSA) is 59.3 Å². The van der Waals surface area contributed by atoms with Gasteiger partial charge in [-0.05, 0) is 18.4 Å². The molecule has 3 aromatic heterocycles. The van der Waals surface area contributed by atoms with Crippen molar-refractivity contribution in [2.45, 2.75) is 13.5 Å². The second-order valence-corrected chi connectivity index (χ2v) is 5.75. The summed E-state index contributed by atoms with van der Waals surface area (Å²) in [7, 11) is 0. The summed E-state index contributed by atoms with van der Waals surface area (Å²) in [4.78, 5) is 17.6. The van der Waals surface area contributed by atoms with E-state index in [4.69, 9.17) is 0 Å². The van der Waals surface area contributed by atoms with Crippen molar-refractivity contribution in [3.05, 3.63) is 39.3 Å². The molecule has 3 heterocycles. The van der Waals surface area contributed by atoms with Gasteiger partial charge in [-0.2, -0.15) is 5.10 Å². The molecule has 0 aromatic carbocycles. The molecule has 0 saturated carbocycles. The predicted octanol–water partition coefficient (Wildman–Crippen LogP) is 2.09. The van der Waals surface area contributed by atoms with Crippen molar-refractivity contribution in [1.82, 2.24) is 19.9 Å². The first-order valence-corrected chi connectivity index (χ1v) is 7.05. The van der Waals surface area contributed by atoms with Gasteiger partial charge in [0.2, 0.25) is 4.96 Å². The Morgan fingerprint density at radius 1 is 1.56 bits per heavy atom. The minimum absolute atomic E-state index is 0.0611. The van der Waals surface area contributed by atoms with Gasteiger partial charge in [0.25, 0.3) is 5.91 Å². The highest BCUT2D eigenvalue weighted by Crippen LogP contribution is 2.14. The van der Waals surface area contributed by atoms with Crippen LogP contribution in [0.4, 0.5) is 0 Å². The maximum absolute atomic E-state index is 11.7. The Kier molecular flexibility index (Phi) is 2.85. The lowest BCUT2D eigenvalue weighted by molar-refractivity contribution is 0.0955. The van der Waals surface area contributed by atoms with E-state index in [-0.39, 0.29) is 5.91 Å². The highest BCUT2D eigenvalue weighted by molar-refractivity contribution is 7.16. The number of nitrogens with one attached hydrogen (secondary N) is 1. The van der Waals surface area contributed by atoms with Crippen LogP contribution in [0.3, 0.4) is 0 Å². The van der Waals surface area contributed by atoms with Gasteiger partial charge in [-0.25, -0.2) is 9.50 Å². The van der Waals surface area contributed by atoms with Crippen molar-refractivity contribution in [3.63, 3.8) is 0 Å². The Labute approximate surface area is 111 Å². The number of hydrogen-bond donors (Lipinski definition) is 1. The summed E-state index contributed by atoms with van der Waals surface area (Å²) in [6.07, 6.45) is 1.87. The van der Waals surface area contributed by atoms with Gasteiger partial charge in [-0.15, -0.1) is 11.3 Å². The second kappa shape index (κ2) is 4.51. The number of carbonyl (C=O) groups excluding carboxylic acids is 1. The first-order chi connectivity index (χ1) is 8.72. The van der Waals surface area contributed by atoms with Gasteiger partial charge >= 0.3 is 0 Å². The molecule has 0 aliphatic heterocycles. The van der Waals surface area contributed by atoms with E-state index in [1.54, 1.807) is 10.6 Å². The molecule has 0 unspecified atom stereocenters. The number of carbonyl (C=O) groups is 1. The fourth-order valence-electron chi connectivity index (χ4n) is 1.57. The van der Waals surface area contributed by atoms with Crippen LogP contribution in [0.5, 0.6) is 0 Å². The molecule has 0 radical (unpaired) electrons. The average molecular weight is 278 g/mol. The summed E-state index contributed by atoms with van der Waals surface area (Å²) in [6.45, 7) is 2.36. The van der Waals surface area contributed by atoms with Crippen molar-refractivity contribution in [2.75, 3.05) is 0 Å². The summed E-state index contributed by atoms with van der Waals surface area (Å²) < 4.78 is 1.74. The van der Waals surface area contributed by atoms with Gasteiger partial charge in [0.05, 0.1) is 23.3 Å². The Balaban J connectivity index is 1.69. The highest BCUT2D eigenvalue weighted by atomic mass is 32.1. The molecule has 0 aliphatic carbocycles. The fourth-order valence-corrected chi connectivity index (χ4v) is 3.07. The van der Waals surface area contributed by atoms with Gasteiger partial charge in [0.15, 0.2) is 0 Å². The number of hydrogen-bond acceptors (Lipinski definition) is 5. The third-order valence-electron chi connectivity index (χ3n) is 2.35. The summed E-state index contributed by atoms with van der Waals surface area (Å²) >= 11 is 2.91. The third kappa shape index (κ3) is 2.14. The SMILES string of the molecule is Cc1cn2nc(CNC(=O)c3cccs3)sc2n1. The normalized spacial score (nSPS) is 10.9. The van der Waals surface area contributed by atoms with Crippen molar-refractivity contribution in [1.29, 1.82) is 0 Å². The molecule has 7 heteroatoms. The zero-order valence-electron chi connectivity index (χ0n) is 9.58. The Morgan fingerprint density at radius 2 is 2.44 bits per heavy atom. The molecule has 0 spiro atoms. The molecular weight excluding hydrogens is 268 g/mol. The molecule has 3 rings (SSSR count). The number of aromatic nitrogens is 3. The number of aryl methyl sites for hydroxylation is 1. The maximum Gasteiger partial charge on any atom is 0.261 e. The van der Waals surface area contributed by atoms with Gasteiger partial charge < -0.3 is 5.32 Å². The van der Waals surface area contributed by atoms with Crippen LogP contribution in [-0.4, -0.2) is 20.5 Å². The van der Waals surface area contributed by atoms with Gasteiger partial charge in [-0.1, -0.05) is 17.4 Å². The van der Waals surface area contributed by atoms with Crippen LogP contribution in [0.2, 0.25) is 0 Å². The van der Waals surface area contributed by atoms with Crippen LogP contribution in [-0.2, 0) is 6.54 Å². The standard InChI is InChI=1S/C11H10N4OS2/c1-7-6-15-11(13-7)18-9(14-15)5-12-10(16)8-3-2-4-17-8/h2-4,6H,5H2,1H3,(H,12,16). The monoisotopic (exact) mass is 278 g/mol. The average Bonchev–Trinajstić information content (AvgIpc) is 3.00. The zero-order chi connectivity index (χ0) is 12.5. The molecule has 0 bridgehead atoms. The van der Waals surface area contributed by atoms with Gasteiger partial charge in [0, 0.05) is 0 Å². The van der Waals surface area contributed by atoms with E-state index >= 15 is 0 Å². The second-order valence-electron chi connectivity index (χ2n) is 3.77. The van der Waals surface area contributed by atoms with Crippen LogP contribution >= 0.6 is 22.7 Å². The highest BCUT2D eigenvalue weighted by Gasteiger charge is 2.09. The maximum atomic E-state index is 11.7. The summed E-state index contributed by atoms with van der Waals surface area (Å²) in [6, 6.07) is 3.66. The van der Waals surface area contributed by atoms with E-state index in [0.29, 0.717) is 11.4 Å². The first kappa shape index (κ1) is 11.4. The lowest BCUT2D eigenvalue weighted by atomic mass is 10.4. The summed E-state index contributed by atoms with van der Waals surface area (Å²) in [5.41, 5.74) is 0.947. The molecule has 0 saturated heterocycles. The minimum atomic E-state index is -0.0611. The third-order valence-corrected chi connectivity index (χ3v) is 4.14.